The number of aryl methyl sites for hydroxylation is 1. The standard InChI is InChI=1S/C18H23ClN4O3S/c1-22-11-18(20-12-22)27(24,25)23-9-15(17-6-3-7-26-17)16(10-23)21-14-5-2-4-13(19)8-14/h2,4-5,8,11-12,15-17,21H,3,6-7,9-10H2,1H3/t15-,16-,17?/m0/s1. The van der Waals surface area contributed by atoms with Gasteiger partial charge >= 0.3 is 0 Å². The third-order valence-corrected chi connectivity index (χ3v) is 7.19. The number of hydrogen-bond donors (Lipinski definition) is 1. The first kappa shape index (κ1) is 18.7. The van der Waals surface area contributed by atoms with Crippen molar-refractivity contribution in [2.24, 2.45) is 13.0 Å². The van der Waals surface area contributed by atoms with Gasteiger partial charge in [0.25, 0.3) is 10.0 Å². The summed E-state index contributed by atoms with van der Waals surface area (Å²) < 4.78 is 35.1. The minimum Gasteiger partial charge on any atom is -0.381 e. The van der Waals surface area contributed by atoms with E-state index in [-0.39, 0.29) is 23.1 Å². The first-order valence-electron chi connectivity index (χ1n) is 9.05. The Balaban J connectivity index is 1.59. The number of imidazole rings is 1. The summed E-state index contributed by atoms with van der Waals surface area (Å²) in [4.78, 5) is 4.04. The molecule has 0 saturated carbocycles. The highest BCUT2D eigenvalue weighted by Crippen LogP contribution is 2.33. The molecule has 0 radical (unpaired) electrons. The van der Waals surface area contributed by atoms with Crippen molar-refractivity contribution in [2.75, 3.05) is 25.0 Å². The summed E-state index contributed by atoms with van der Waals surface area (Å²) in [6.07, 6.45) is 5.06. The Kier molecular flexibility index (Phi) is 5.15. The van der Waals surface area contributed by atoms with Gasteiger partial charge in [0.1, 0.15) is 0 Å². The Labute approximate surface area is 164 Å². The summed E-state index contributed by atoms with van der Waals surface area (Å²) in [5.74, 6) is 0.0740. The SMILES string of the molecule is Cn1cnc(S(=O)(=O)N2C[C@H](Nc3cccc(Cl)c3)[C@@H](C3CCCO3)C2)c1. The molecule has 3 atom stereocenters. The summed E-state index contributed by atoms with van der Waals surface area (Å²) in [5.41, 5.74) is 0.882. The van der Waals surface area contributed by atoms with Crippen molar-refractivity contribution in [1.82, 2.24) is 13.9 Å². The number of rotatable bonds is 5. The van der Waals surface area contributed by atoms with E-state index in [0.717, 1.165) is 25.1 Å². The van der Waals surface area contributed by atoms with E-state index in [9.17, 15) is 8.42 Å². The third kappa shape index (κ3) is 3.85. The highest BCUT2D eigenvalue weighted by molar-refractivity contribution is 7.89. The summed E-state index contributed by atoms with van der Waals surface area (Å²) in [7, 11) is -1.88. The maximum Gasteiger partial charge on any atom is 0.262 e. The number of hydrogen-bond acceptors (Lipinski definition) is 5. The molecule has 9 heteroatoms. The monoisotopic (exact) mass is 410 g/mol. The molecule has 4 rings (SSSR count). The number of benzene rings is 1. The maximum absolute atomic E-state index is 13.0. The largest absolute Gasteiger partial charge is 0.381 e. The molecule has 3 heterocycles. The molecule has 2 fully saturated rings. The summed E-state index contributed by atoms with van der Waals surface area (Å²) in [6.45, 7) is 1.52. The van der Waals surface area contributed by atoms with Crippen LogP contribution < -0.4 is 5.32 Å². The van der Waals surface area contributed by atoms with Crippen molar-refractivity contribution in [1.29, 1.82) is 0 Å². The van der Waals surface area contributed by atoms with E-state index in [2.05, 4.69) is 10.3 Å². The predicted octanol–water partition coefficient (Wildman–Crippen LogP) is 2.35. The van der Waals surface area contributed by atoms with Crippen molar-refractivity contribution < 1.29 is 13.2 Å². The molecular formula is C18H23ClN4O3S. The van der Waals surface area contributed by atoms with E-state index in [4.69, 9.17) is 16.3 Å². The molecule has 7 nitrogen and oxygen atoms in total. The molecule has 2 saturated heterocycles. The molecule has 1 aromatic heterocycles. The lowest BCUT2D eigenvalue weighted by Crippen LogP contribution is -2.35. The molecule has 1 unspecified atom stereocenters. The first-order chi connectivity index (χ1) is 12.9. The number of anilines is 1. The van der Waals surface area contributed by atoms with Crippen LogP contribution in [0.4, 0.5) is 5.69 Å². The van der Waals surface area contributed by atoms with Crippen molar-refractivity contribution in [3.05, 3.63) is 41.8 Å². The lowest BCUT2D eigenvalue weighted by Gasteiger charge is -2.25. The van der Waals surface area contributed by atoms with Gasteiger partial charge in [-0.15, -0.1) is 0 Å². The maximum atomic E-state index is 13.0. The topological polar surface area (TPSA) is 76.5 Å². The normalized spacial score (nSPS) is 26.5. The number of aromatic nitrogens is 2. The van der Waals surface area contributed by atoms with Crippen LogP contribution in [0.5, 0.6) is 0 Å². The average Bonchev–Trinajstić information content (AvgIpc) is 3.34. The van der Waals surface area contributed by atoms with Crippen molar-refractivity contribution in [3.63, 3.8) is 0 Å². The number of ether oxygens (including phenoxy) is 1. The van der Waals surface area contributed by atoms with Gasteiger partial charge in [0.2, 0.25) is 0 Å². The highest BCUT2D eigenvalue weighted by Gasteiger charge is 2.44. The second kappa shape index (κ2) is 7.43. The number of nitrogens with one attached hydrogen (secondary N) is 1. The van der Waals surface area contributed by atoms with Crippen LogP contribution in [0.3, 0.4) is 0 Å². The van der Waals surface area contributed by atoms with E-state index in [1.165, 1.54) is 16.8 Å². The van der Waals surface area contributed by atoms with Crippen LogP contribution in [0.1, 0.15) is 12.8 Å². The first-order valence-corrected chi connectivity index (χ1v) is 10.9. The van der Waals surface area contributed by atoms with Gasteiger partial charge < -0.3 is 14.6 Å². The fourth-order valence-corrected chi connectivity index (χ4v) is 5.56. The predicted molar refractivity (Wildman–Crippen MR) is 103 cm³/mol. The zero-order valence-corrected chi connectivity index (χ0v) is 16.7. The van der Waals surface area contributed by atoms with Gasteiger partial charge in [-0.2, -0.15) is 4.31 Å². The van der Waals surface area contributed by atoms with Gasteiger partial charge in [-0.1, -0.05) is 17.7 Å². The zero-order valence-electron chi connectivity index (χ0n) is 15.1. The second-order valence-electron chi connectivity index (χ2n) is 7.18. The second-order valence-corrected chi connectivity index (χ2v) is 9.50. The summed E-state index contributed by atoms with van der Waals surface area (Å²) in [6, 6.07) is 7.43. The summed E-state index contributed by atoms with van der Waals surface area (Å²) in [5, 5.41) is 4.20. The van der Waals surface area contributed by atoms with Crippen molar-refractivity contribution >= 4 is 27.3 Å². The van der Waals surface area contributed by atoms with Crippen LogP contribution >= 0.6 is 11.6 Å². The highest BCUT2D eigenvalue weighted by atomic mass is 35.5. The molecule has 27 heavy (non-hydrogen) atoms. The van der Waals surface area contributed by atoms with Crippen LogP contribution in [0.25, 0.3) is 0 Å². The number of halogens is 1. The Hall–Kier alpha value is -1.61. The molecule has 1 N–H and O–H groups in total. The van der Waals surface area contributed by atoms with E-state index in [1.807, 2.05) is 24.3 Å². The van der Waals surface area contributed by atoms with Gasteiger partial charge in [-0.3, -0.25) is 0 Å². The molecule has 146 valence electrons. The van der Waals surface area contributed by atoms with Gasteiger partial charge in [0.05, 0.1) is 12.4 Å². The lowest BCUT2D eigenvalue weighted by molar-refractivity contribution is 0.0651. The Morgan fingerprint density at radius 1 is 1.33 bits per heavy atom. The smallest absolute Gasteiger partial charge is 0.262 e. The molecule has 1 aromatic carbocycles. The average molecular weight is 411 g/mol. The Bertz CT molecular complexity index is 911. The van der Waals surface area contributed by atoms with Crippen LogP contribution in [-0.2, 0) is 21.8 Å². The van der Waals surface area contributed by atoms with Crippen LogP contribution in [0.15, 0.2) is 41.8 Å². The fourth-order valence-electron chi connectivity index (χ4n) is 3.90. The van der Waals surface area contributed by atoms with Crippen LogP contribution in [0.2, 0.25) is 5.02 Å². The van der Waals surface area contributed by atoms with E-state index < -0.39 is 10.0 Å². The Morgan fingerprint density at radius 2 is 2.19 bits per heavy atom. The zero-order chi connectivity index (χ0) is 19.0. The van der Waals surface area contributed by atoms with Crippen LogP contribution in [0, 0.1) is 5.92 Å². The van der Waals surface area contributed by atoms with Gasteiger partial charge in [0.15, 0.2) is 5.03 Å². The lowest BCUT2D eigenvalue weighted by atomic mass is 9.94. The molecule has 0 aliphatic carbocycles. The van der Waals surface area contributed by atoms with Crippen molar-refractivity contribution in [2.45, 2.75) is 30.0 Å². The minimum atomic E-state index is -3.63. The molecule has 0 bridgehead atoms. The number of sulfonamides is 1. The fraction of sp³-hybridized carbons (Fsp3) is 0.500. The molecule has 2 aromatic rings. The van der Waals surface area contributed by atoms with Gasteiger partial charge in [-0.05, 0) is 31.0 Å². The Morgan fingerprint density at radius 3 is 2.85 bits per heavy atom. The van der Waals surface area contributed by atoms with E-state index in [0.29, 0.717) is 18.1 Å². The molecule has 0 amide bonds. The number of nitrogens with zero attached hydrogens (tertiary/aromatic N) is 3. The summed E-state index contributed by atoms with van der Waals surface area (Å²) >= 11 is 6.10. The molecular weight excluding hydrogens is 388 g/mol. The van der Waals surface area contributed by atoms with Gasteiger partial charge in [-0.25, -0.2) is 13.4 Å². The molecule has 2 aliphatic rings. The third-order valence-electron chi connectivity index (χ3n) is 5.24. The molecule has 0 spiro atoms. The minimum absolute atomic E-state index is 0.0509. The quantitative estimate of drug-likeness (QED) is 0.818. The molecule has 2 aliphatic heterocycles. The van der Waals surface area contributed by atoms with E-state index in [1.54, 1.807) is 11.6 Å². The van der Waals surface area contributed by atoms with Crippen LogP contribution in [-0.4, -0.2) is 54.1 Å². The van der Waals surface area contributed by atoms with E-state index >= 15 is 0 Å². The van der Waals surface area contributed by atoms with Crippen molar-refractivity contribution in [3.8, 4) is 0 Å². The van der Waals surface area contributed by atoms with Gasteiger partial charge in [0, 0.05) is 55.6 Å².